The van der Waals surface area contributed by atoms with Crippen LogP contribution in [0.5, 0.6) is 11.6 Å². The van der Waals surface area contributed by atoms with Crippen molar-refractivity contribution < 1.29 is 19.4 Å². The summed E-state index contributed by atoms with van der Waals surface area (Å²) >= 11 is 3.33. The number of nitrogens with zero attached hydrogens (tertiary/aromatic N) is 3. The van der Waals surface area contributed by atoms with E-state index in [4.69, 9.17) is 4.74 Å². The number of unbranched alkanes of at least 4 members (excludes halogenated alkanes) is 1. The van der Waals surface area contributed by atoms with E-state index in [0.717, 1.165) is 18.4 Å². The van der Waals surface area contributed by atoms with Crippen LogP contribution in [0.15, 0.2) is 57.2 Å². The van der Waals surface area contributed by atoms with Gasteiger partial charge in [-0.25, -0.2) is 0 Å². The molecule has 0 aliphatic heterocycles. The van der Waals surface area contributed by atoms with Crippen LogP contribution in [0.25, 0.3) is 10.9 Å². The summed E-state index contributed by atoms with van der Waals surface area (Å²) in [5, 5.41) is 21.8. The second kappa shape index (κ2) is 10.9. The summed E-state index contributed by atoms with van der Waals surface area (Å²) in [4.78, 5) is 24.4. The van der Waals surface area contributed by atoms with Crippen molar-refractivity contribution in [1.82, 2.24) is 9.88 Å². The summed E-state index contributed by atoms with van der Waals surface area (Å²) in [7, 11) is 1.56. The minimum atomic E-state index is -0.505. The highest BCUT2D eigenvalue weighted by molar-refractivity contribution is 9.10. The number of halogens is 1. The number of methoxy groups -OCH3 is 1. The summed E-state index contributed by atoms with van der Waals surface area (Å²) in [6, 6.07) is 12.4. The quantitative estimate of drug-likeness (QED) is 0.386. The monoisotopic (exact) mass is 500 g/mol. The highest BCUT2D eigenvalue weighted by Gasteiger charge is 2.18. The molecule has 0 saturated heterocycles. The largest absolute Gasteiger partial charge is 0.497 e. The Morgan fingerprint density at radius 3 is 2.72 bits per heavy atom. The van der Waals surface area contributed by atoms with E-state index >= 15 is 0 Å². The van der Waals surface area contributed by atoms with Gasteiger partial charge in [-0.3, -0.25) is 9.59 Å². The molecule has 0 spiro atoms. The van der Waals surface area contributed by atoms with Crippen LogP contribution in [-0.4, -0.2) is 35.1 Å². The lowest BCUT2D eigenvalue weighted by Crippen LogP contribution is -2.26. The number of carbonyl (C=O) groups is 2. The maximum absolute atomic E-state index is 12.2. The number of hydrogen-bond acceptors (Lipinski definition) is 5. The Morgan fingerprint density at radius 2 is 2.00 bits per heavy atom. The summed E-state index contributed by atoms with van der Waals surface area (Å²) in [5.74, 6) is -0.219. The van der Waals surface area contributed by atoms with Gasteiger partial charge in [0.2, 0.25) is 5.88 Å². The second-order valence-corrected chi connectivity index (χ2v) is 7.99. The molecule has 3 rings (SSSR count). The van der Waals surface area contributed by atoms with Crippen LogP contribution in [0.4, 0.5) is 5.69 Å². The van der Waals surface area contributed by atoms with Gasteiger partial charge in [0.1, 0.15) is 5.75 Å². The first kappa shape index (κ1) is 23.5. The molecule has 0 aliphatic rings. The van der Waals surface area contributed by atoms with Gasteiger partial charge >= 0.3 is 0 Å². The Kier molecular flexibility index (Phi) is 7.99. The minimum Gasteiger partial charge on any atom is -0.497 e. The van der Waals surface area contributed by atoms with E-state index < -0.39 is 5.91 Å². The number of amides is 2. The minimum absolute atomic E-state index is 0.0156. The lowest BCUT2D eigenvalue weighted by molar-refractivity contribution is -0.118. The molecule has 0 unspecified atom stereocenters. The lowest BCUT2D eigenvalue weighted by atomic mass is 10.2. The number of azo groups is 1. The molecule has 3 aromatic rings. The number of hydrogen-bond donors (Lipinski definition) is 2. The van der Waals surface area contributed by atoms with Gasteiger partial charge in [-0.15, -0.1) is 10.2 Å². The normalized spacial score (nSPS) is 11.2. The third kappa shape index (κ3) is 5.34. The molecule has 9 heteroatoms. The molecular formula is C23H25BrN4O4. The van der Waals surface area contributed by atoms with E-state index in [1.54, 1.807) is 35.9 Å². The van der Waals surface area contributed by atoms with Crippen LogP contribution in [0.3, 0.4) is 0 Å². The van der Waals surface area contributed by atoms with Crippen molar-refractivity contribution in [3.05, 3.63) is 52.5 Å². The third-order valence-corrected chi connectivity index (χ3v) is 5.65. The Hall–Kier alpha value is -3.20. The van der Waals surface area contributed by atoms with Gasteiger partial charge in [-0.05, 0) is 52.7 Å². The van der Waals surface area contributed by atoms with Crippen molar-refractivity contribution >= 4 is 44.3 Å². The van der Waals surface area contributed by atoms with E-state index in [9.17, 15) is 14.7 Å². The Morgan fingerprint density at radius 1 is 1.22 bits per heavy atom. The summed E-state index contributed by atoms with van der Waals surface area (Å²) in [6.45, 7) is 2.81. The number of fused-ring (bicyclic) bond motifs is 1. The molecule has 0 aliphatic carbocycles. The number of aryl methyl sites for hydroxylation is 1. The van der Waals surface area contributed by atoms with Crippen molar-refractivity contribution in [2.75, 3.05) is 13.7 Å². The van der Waals surface area contributed by atoms with Crippen molar-refractivity contribution in [2.24, 2.45) is 10.2 Å². The molecule has 8 nitrogen and oxygen atoms in total. The summed E-state index contributed by atoms with van der Waals surface area (Å²) in [5.41, 5.74) is 1.50. The van der Waals surface area contributed by atoms with Gasteiger partial charge in [0.25, 0.3) is 11.8 Å². The number of rotatable bonds is 9. The summed E-state index contributed by atoms with van der Waals surface area (Å²) in [6.07, 6.45) is 1.84. The zero-order valence-corrected chi connectivity index (χ0v) is 19.6. The number of aromatic nitrogens is 1. The molecule has 0 atom stereocenters. The highest BCUT2D eigenvalue weighted by Crippen LogP contribution is 2.40. The van der Waals surface area contributed by atoms with Gasteiger partial charge in [-0.2, -0.15) is 0 Å². The van der Waals surface area contributed by atoms with E-state index in [0.29, 0.717) is 27.7 Å². The highest BCUT2D eigenvalue weighted by atomic mass is 79.9. The maximum Gasteiger partial charge on any atom is 0.266 e. The van der Waals surface area contributed by atoms with Gasteiger partial charge < -0.3 is 19.7 Å². The Bertz CT molecular complexity index is 1160. The average molecular weight is 501 g/mol. The van der Waals surface area contributed by atoms with Gasteiger partial charge in [0, 0.05) is 29.4 Å². The molecule has 168 valence electrons. The first-order chi connectivity index (χ1) is 15.5. The molecule has 0 bridgehead atoms. The van der Waals surface area contributed by atoms with Crippen LogP contribution in [0, 0.1) is 0 Å². The van der Waals surface area contributed by atoms with E-state index in [-0.39, 0.29) is 30.4 Å². The molecule has 0 radical (unpaired) electrons. The predicted octanol–water partition coefficient (Wildman–Crippen LogP) is 5.35. The fraction of sp³-hybridized carbons (Fsp3) is 0.304. The SMILES string of the molecule is CCCCn1c(O)c(N=NC(=O)CCNC(=O)c2ccccc2Br)c2cc(OC)ccc21. The molecule has 2 aromatic carbocycles. The number of benzene rings is 2. The van der Waals surface area contributed by atoms with E-state index in [2.05, 4.69) is 38.4 Å². The smallest absolute Gasteiger partial charge is 0.266 e. The number of carbonyl (C=O) groups excluding carboxylic acids is 2. The lowest BCUT2D eigenvalue weighted by Gasteiger charge is -2.06. The molecule has 32 heavy (non-hydrogen) atoms. The molecular weight excluding hydrogens is 476 g/mol. The average Bonchev–Trinajstić information content (AvgIpc) is 3.06. The Labute approximate surface area is 194 Å². The molecule has 1 heterocycles. The predicted molar refractivity (Wildman–Crippen MR) is 126 cm³/mol. The molecule has 0 saturated carbocycles. The van der Waals surface area contributed by atoms with E-state index in [1.807, 2.05) is 18.2 Å². The standard InChI is InChI=1S/C23H25BrN4O4/c1-3-4-13-28-19-10-9-15(32-2)14-17(19)21(23(28)31)27-26-20(29)11-12-25-22(30)16-7-5-6-8-18(16)24/h5-10,14,31H,3-4,11-13H2,1-2H3,(H,25,30). The van der Waals surface area contributed by atoms with Crippen molar-refractivity contribution in [2.45, 2.75) is 32.7 Å². The Balaban J connectivity index is 1.71. The number of aromatic hydroxyl groups is 1. The number of nitrogens with one attached hydrogen (secondary N) is 1. The molecule has 2 amide bonds. The third-order valence-electron chi connectivity index (χ3n) is 4.96. The van der Waals surface area contributed by atoms with Crippen molar-refractivity contribution in [3.8, 4) is 11.6 Å². The fourth-order valence-corrected chi connectivity index (χ4v) is 3.71. The van der Waals surface area contributed by atoms with E-state index in [1.165, 1.54) is 0 Å². The van der Waals surface area contributed by atoms with Crippen LogP contribution in [-0.2, 0) is 11.3 Å². The fourth-order valence-electron chi connectivity index (χ4n) is 3.25. The maximum atomic E-state index is 12.2. The van der Waals surface area contributed by atoms with Crippen LogP contribution in [0.1, 0.15) is 36.5 Å². The van der Waals surface area contributed by atoms with Gasteiger partial charge in [0.15, 0.2) is 5.69 Å². The first-order valence-corrected chi connectivity index (χ1v) is 11.1. The first-order valence-electron chi connectivity index (χ1n) is 10.3. The molecule has 2 N–H and O–H groups in total. The zero-order valence-electron chi connectivity index (χ0n) is 18.0. The van der Waals surface area contributed by atoms with Crippen LogP contribution >= 0.6 is 15.9 Å². The van der Waals surface area contributed by atoms with Crippen molar-refractivity contribution in [1.29, 1.82) is 0 Å². The van der Waals surface area contributed by atoms with Crippen molar-refractivity contribution in [3.63, 3.8) is 0 Å². The van der Waals surface area contributed by atoms with Crippen LogP contribution < -0.4 is 10.1 Å². The topological polar surface area (TPSA) is 105 Å². The zero-order chi connectivity index (χ0) is 23.1. The molecule has 1 aromatic heterocycles. The second-order valence-electron chi connectivity index (χ2n) is 7.14. The van der Waals surface area contributed by atoms with Gasteiger partial charge in [-0.1, -0.05) is 25.5 Å². The number of ether oxygens (including phenoxy) is 1. The summed E-state index contributed by atoms with van der Waals surface area (Å²) < 4.78 is 7.71. The van der Waals surface area contributed by atoms with Gasteiger partial charge in [0.05, 0.1) is 18.2 Å². The van der Waals surface area contributed by atoms with Crippen LogP contribution in [0.2, 0.25) is 0 Å². The molecule has 0 fully saturated rings.